The lowest BCUT2D eigenvalue weighted by Gasteiger charge is -2.11. The van der Waals surface area contributed by atoms with Crippen LogP contribution < -0.4 is 10.6 Å². The summed E-state index contributed by atoms with van der Waals surface area (Å²) in [6.07, 6.45) is 2.73. The van der Waals surface area contributed by atoms with Crippen molar-refractivity contribution in [3.63, 3.8) is 0 Å². The molecule has 0 bridgehead atoms. The van der Waals surface area contributed by atoms with E-state index in [4.69, 9.17) is 4.74 Å². The molecule has 3 N–H and O–H groups in total. The maximum Gasteiger partial charge on any atom is 0.191 e. The highest BCUT2D eigenvalue weighted by Crippen LogP contribution is 2.19. The van der Waals surface area contributed by atoms with Crippen molar-refractivity contribution in [1.29, 1.82) is 0 Å². The molecule has 0 amide bonds. The Hall–Kier alpha value is -1.35. The number of H-pyrrole nitrogens is 1. The zero-order valence-electron chi connectivity index (χ0n) is 15.8. The fraction of sp³-hybridized carbons (Fsp3) is 0.526. The topological polar surface area (TPSA) is 61.4 Å². The lowest BCUT2D eigenvalue weighted by Crippen LogP contribution is -2.38. The van der Waals surface area contributed by atoms with Crippen molar-refractivity contribution in [2.45, 2.75) is 27.2 Å². The van der Waals surface area contributed by atoms with Crippen LogP contribution in [0, 0.1) is 11.7 Å². The van der Waals surface area contributed by atoms with Gasteiger partial charge in [0.15, 0.2) is 5.96 Å². The van der Waals surface area contributed by atoms with Crippen LogP contribution in [0.15, 0.2) is 29.4 Å². The summed E-state index contributed by atoms with van der Waals surface area (Å²) in [6.45, 7) is 9.83. The van der Waals surface area contributed by atoms with E-state index in [1.54, 1.807) is 12.1 Å². The molecular formula is C19H30FIN4O. The molecule has 146 valence electrons. The number of hydrogen-bond acceptors (Lipinski definition) is 2. The van der Waals surface area contributed by atoms with Gasteiger partial charge in [0.25, 0.3) is 0 Å². The summed E-state index contributed by atoms with van der Waals surface area (Å²) in [5.74, 6) is 1.11. The smallest absolute Gasteiger partial charge is 0.191 e. The molecule has 0 aliphatic heterocycles. The number of ether oxygens (including phenoxy) is 1. The van der Waals surface area contributed by atoms with Crippen molar-refractivity contribution in [3.05, 3.63) is 35.8 Å². The Morgan fingerprint density at radius 1 is 1.31 bits per heavy atom. The summed E-state index contributed by atoms with van der Waals surface area (Å²) >= 11 is 0. The third kappa shape index (κ3) is 7.49. The number of aromatic amines is 1. The predicted octanol–water partition coefficient (Wildman–Crippen LogP) is 3.70. The van der Waals surface area contributed by atoms with Gasteiger partial charge in [-0.1, -0.05) is 13.8 Å². The molecule has 1 heterocycles. The average Bonchev–Trinajstić information content (AvgIpc) is 2.96. The largest absolute Gasteiger partial charge is 0.379 e. The maximum atomic E-state index is 13.4. The van der Waals surface area contributed by atoms with Crippen molar-refractivity contribution in [2.24, 2.45) is 10.9 Å². The van der Waals surface area contributed by atoms with Gasteiger partial charge in [-0.15, -0.1) is 24.0 Å². The number of aliphatic imine (C=N–C) groups is 1. The molecule has 0 saturated heterocycles. The third-order valence-electron chi connectivity index (χ3n) is 3.72. The Morgan fingerprint density at radius 2 is 2.12 bits per heavy atom. The minimum atomic E-state index is -0.211. The van der Waals surface area contributed by atoms with E-state index in [1.807, 2.05) is 13.1 Å². The van der Waals surface area contributed by atoms with Crippen LogP contribution in [0.1, 0.15) is 26.3 Å². The van der Waals surface area contributed by atoms with Gasteiger partial charge in [0.05, 0.1) is 13.2 Å². The number of hydrogen-bond donors (Lipinski definition) is 3. The first kappa shape index (κ1) is 22.7. The second-order valence-corrected chi connectivity index (χ2v) is 6.41. The molecule has 0 saturated carbocycles. The number of nitrogens with one attached hydrogen (secondary N) is 3. The number of nitrogens with zero attached hydrogens (tertiary/aromatic N) is 1. The van der Waals surface area contributed by atoms with Crippen molar-refractivity contribution in [3.8, 4) is 0 Å². The Morgan fingerprint density at radius 3 is 2.85 bits per heavy atom. The van der Waals surface area contributed by atoms with Crippen LogP contribution in [-0.4, -0.2) is 43.8 Å². The van der Waals surface area contributed by atoms with E-state index >= 15 is 0 Å². The number of aromatic nitrogens is 1. The van der Waals surface area contributed by atoms with Gasteiger partial charge in [0, 0.05) is 36.8 Å². The van der Waals surface area contributed by atoms with Gasteiger partial charge in [0.2, 0.25) is 0 Å². The molecule has 0 unspecified atom stereocenters. The van der Waals surface area contributed by atoms with E-state index in [2.05, 4.69) is 34.5 Å². The molecule has 0 atom stereocenters. The van der Waals surface area contributed by atoms with Gasteiger partial charge >= 0.3 is 0 Å². The molecule has 0 fully saturated rings. The van der Waals surface area contributed by atoms with Gasteiger partial charge < -0.3 is 20.4 Å². The van der Waals surface area contributed by atoms with Crippen LogP contribution in [0.4, 0.5) is 4.39 Å². The highest BCUT2D eigenvalue weighted by molar-refractivity contribution is 14.0. The van der Waals surface area contributed by atoms with Crippen LogP contribution >= 0.6 is 24.0 Å². The monoisotopic (exact) mass is 476 g/mol. The lowest BCUT2D eigenvalue weighted by molar-refractivity contribution is 0.117. The van der Waals surface area contributed by atoms with E-state index in [1.165, 1.54) is 6.07 Å². The van der Waals surface area contributed by atoms with Crippen molar-refractivity contribution in [1.82, 2.24) is 15.6 Å². The molecule has 0 radical (unpaired) electrons. The summed E-state index contributed by atoms with van der Waals surface area (Å²) in [5, 5.41) is 7.47. The van der Waals surface area contributed by atoms with Crippen LogP contribution in [0.25, 0.3) is 10.9 Å². The van der Waals surface area contributed by atoms with Crippen LogP contribution in [0.5, 0.6) is 0 Å². The van der Waals surface area contributed by atoms with Gasteiger partial charge in [-0.05, 0) is 43.0 Å². The summed E-state index contributed by atoms with van der Waals surface area (Å²) in [6, 6.07) is 4.81. The number of guanidine groups is 1. The fourth-order valence-electron chi connectivity index (χ4n) is 2.56. The van der Waals surface area contributed by atoms with Crippen LogP contribution in [0.2, 0.25) is 0 Å². The quantitative estimate of drug-likeness (QED) is 0.224. The fourth-order valence-corrected chi connectivity index (χ4v) is 2.56. The zero-order valence-corrected chi connectivity index (χ0v) is 18.1. The first-order valence-corrected chi connectivity index (χ1v) is 8.95. The lowest BCUT2D eigenvalue weighted by atomic mass is 10.1. The first-order valence-electron chi connectivity index (χ1n) is 8.95. The number of fused-ring (bicyclic) bond motifs is 1. The SMILES string of the molecule is CCNC(=NCCOCC(C)C)NCCc1c[nH]c2ccc(F)cc12.I. The first-order chi connectivity index (χ1) is 12.1. The van der Waals surface area contributed by atoms with Crippen LogP contribution in [0.3, 0.4) is 0 Å². The molecule has 0 aliphatic carbocycles. The Labute approximate surface area is 172 Å². The van der Waals surface area contributed by atoms with Gasteiger partial charge in [-0.2, -0.15) is 0 Å². The van der Waals surface area contributed by atoms with Crippen LogP contribution in [-0.2, 0) is 11.2 Å². The molecule has 2 rings (SSSR count). The third-order valence-corrected chi connectivity index (χ3v) is 3.72. The van der Waals surface area contributed by atoms with Crippen molar-refractivity contribution < 1.29 is 9.13 Å². The zero-order chi connectivity index (χ0) is 18.1. The number of benzene rings is 1. The Bertz CT molecular complexity index is 687. The van der Waals surface area contributed by atoms with Crippen molar-refractivity contribution >= 4 is 40.8 Å². The van der Waals surface area contributed by atoms with E-state index in [9.17, 15) is 4.39 Å². The number of rotatable bonds is 9. The molecule has 26 heavy (non-hydrogen) atoms. The van der Waals surface area contributed by atoms with E-state index in [-0.39, 0.29) is 29.8 Å². The molecule has 5 nitrogen and oxygen atoms in total. The molecule has 2 aromatic rings. The minimum Gasteiger partial charge on any atom is -0.379 e. The molecule has 1 aromatic heterocycles. The molecular weight excluding hydrogens is 446 g/mol. The van der Waals surface area contributed by atoms with Crippen molar-refractivity contribution in [2.75, 3.05) is 32.8 Å². The maximum absolute atomic E-state index is 13.4. The molecule has 0 spiro atoms. The molecule has 7 heteroatoms. The summed E-state index contributed by atoms with van der Waals surface area (Å²) in [7, 11) is 0. The molecule has 1 aromatic carbocycles. The van der Waals surface area contributed by atoms with Gasteiger partial charge in [-0.3, -0.25) is 4.99 Å². The van der Waals surface area contributed by atoms with E-state index in [0.29, 0.717) is 19.1 Å². The van der Waals surface area contributed by atoms with E-state index < -0.39 is 0 Å². The van der Waals surface area contributed by atoms with E-state index in [0.717, 1.165) is 48.5 Å². The highest BCUT2D eigenvalue weighted by atomic mass is 127. The predicted molar refractivity (Wildman–Crippen MR) is 117 cm³/mol. The summed E-state index contributed by atoms with van der Waals surface area (Å²) in [5.41, 5.74) is 2.05. The van der Waals surface area contributed by atoms with Gasteiger partial charge in [-0.25, -0.2) is 4.39 Å². The highest BCUT2D eigenvalue weighted by Gasteiger charge is 2.05. The summed E-state index contributed by atoms with van der Waals surface area (Å²) < 4.78 is 19.0. The second kappa shape index (κ2) is 12.1. The normalized spacial score (nSPS) is 11.7. The second-order valence-electron chi connectivity index (χ2n) is 6.41. The standard InChI is InChI=1S/C19H29FN4O.HI/c1-4-21-19(23-9-10-25-13-14(2)3)22-8-7-15-12-24-18-6-5-16(20)11-17(15)18;/h5-6,11-12,14,24H,4,7-10,13H2,1-3H3,(H2,21,22,23);1H. The average molecular weight is 476 g/mol. The van der Waals surface area contributed by atoms with Gasteiger partial charge in [0.1, 0.15) is 5.82 Å². The summed E-state index contributed by atoms with van der Waals surface area (Å²) in [4.78, 5) is 7.69. The molecule has 0 aliphatic rings. The Balaban J connectivity index is 0.00000338. The Kier molecular flexibility index (Phi) is 10.6. The number of halogens is 2. The minimum absolute atomic E-state index is 0.